The summed E-state index contributed by atoms with van der Waals surface area (Å²) < 4.78 is 5.32. The predicted octanol–water partition coefficient (Wildman–Crippen LogP) is 2.80. The Morgan fingerprint density at radius 3 is 2.54 bits per heavy atom. The summed E-state index contributed by atoms with van der Waals surface area (Å²) in [7, 11) is 1.77. The van der Waals surface area contributed by atoms with Crippen LogP contribution in [0.25, 0.3) is 0 Å². The molecule has 0 aliphatic carbocycles. The first-order valence-corrected chi connectivity index (χ1v) is 10.0. The molecule has 1 rings (SSSR count). The van der Waals surface area contributed by atoms with Gasteiger partial charge < -0.3 is 20.3 Å². The van der Waals surface area contributed by atoms with E-state index in [1.165, 1.54) is 12.8 Å². The third-order valence-corrected chi connectivity index (χ3v) is 5.50. The fourth-order valence-electron chi connectivity index (χ4n) is 2.58. The Morgan fingerprint density at radius 2 is 2.00 bits per heavy atom. The Hall–Kier alpha value is 0.270. The largest absolute Gasteiger partial charge is 0.385 e. The number of thioether (sulfide) groups is 1. The second-order valence-corrected chi connectivity index (χ2v) is 8.28. The van der Waals surface area contributed by atoms with Gasteiger partial charge >= 0.3 is 0 Å². The van der Waals surface area contributed by atoms with Crippen LogP contribution in [-0.2, 0) is 4.74 Å². The summed E-state index contributed by atoms with van der Waals surface area (Å²) in [5.41, 5.74) is 0. The molecule has 24 heavy (non-hydrogen) atoms. The van der Waals surface area contributed by atoms with E-state index >= 15 is 0 Å². The van der Waals surface area contributed by atoms with Crippen LogP contribution in [0.3, 0.4) is 0 Å². The van der Waals surface area contributed by atoms with Gasteiger partial charge in [0.15, 0.2) is 5.96 Å². The van der Waals surface area contributed by atoms with E-state index in [-0.39, 0.29) is 28.7 Å². The monoisotopic (exact) mass is 472 g/mol. The van der Waals surface area contributed by atoms with E-state index in [2.05, 4.69) is 42.6 Å². The molecule has 0 aromatic rings. The van der Waals surface area contributed by atoms with Gasteiger partial charge in [-0.3, -0.25) is 4.99 Å². The van der Waals surface area contributed by atoms with E-state index in [4.69, 9.17) is 9.73 Å². The third kappa shape index (κ3) is 10.3. The first kappa shape index (κ1) is 24.3. The minimum Gasteiger partial charge on any atom is -0.385 e. The minimum absolute atomic E-state index is 0. The van der Waals surface area contributed by atoms with Gasteiger partial charge in [-0.05, 0) is 46.3 Å². The van der Waals surface area contributed by atoms with Crippen LogP contribution >= 0.6 is 35.7 Å². The highest BCUT2D eigenvalue weighted by Crippen LogP contribution is 2.21. The Labute approximate surface area is 170 Å². The van der Waals surface area contributed by atoms with Crippen molar-refractivity contribution < 1.29 is 4.74 Å². The fraction of sp³-hybridized carbons (Fsp3) is 0.941. The third-order valence-electron chi connectivity index (χ3n) is 4.27. The van der Waals surface area contributed by atoms with Crippen LogP contribution in [0.2, 0.25) is 0 Å². The van der Waals surface area contributed by atoms with Crippen LogP contribution in [0.5, 0.6) is 0 Å². The second-order valence-electron chi connectivity index (χ2n) is 6.77. The number of nitrogens with one attached hydrogen (secondary N) is 2. The number of hydrogen-bond donors (Lipinski definition) is 2. The molecule has 1 heterocycles. The summed E-state index contributed by atoms with van der Waals surface area (Å²) in [6, 6.07) is 0.531. The highest BCUT2D eigenvalue weighted by molar-refractivity contribution is 14.0. The maximum atomic E-state index is 5.13. The van der Waals surface area contributed by atoms with Gasteiger partial charge in [-0.25, -0.2) is 0 Å². The standard InChI is InChI=1S/C17H36N4OS.HI/c1-6-18-16(19-14-17(2,3)23-5)20-15-8-11-21(12-9-15)10-7-13-22-4;/h15H,6-14H2,1-5H3,(H2,18,19,20);1H. The molecule has 1 saturated heterocycles. The number of ether oxygens (including phenoxy) is 1. The van der Waals surface area contributed by atoms with Crippen molar-refractivity contribution in [2.45, 2.75) is 50.8 Å². The number of likely N-dealkylation sites (tertiary alicyclic amines) is 1. The molecule has 0 bridgehead atoms. The predicted molar refractivity (Wildman–Crippen MR) is 118 cm³/mol. The highest BCUT2D eigenvalue weighted by atomic mass is 127. The lowest BCUT2D eigenvalue weighted by Gasteiger charge is -2.33. The molecule has 0 atom stereocenters. The molecule has 5 nitrogen and oxygen atoms in total. The van der Waals surface area contributed by atoms with Gasteiger partial charge in [-0.2, -0.15) is 11.8 Å². The summed E-state index contributed by atoms with van der Waals surface area (Å²) in [4.78, 5) is 7.31. The van der Waals surface area contributed by atoms with Crippen molar-refractivity contribution in [1.29, 1.82) is 0 Å². The van der Waals surface area contributed by atoms with Crippen molar-refractivity contribution in [1.82, 2.24) is 15.5 Å². The van der Waals surface area contributed by atoms with Crippen LogP contribution in [0, 0.1) is 0 Å². The quantitative estimate of drug-likeness (QED) is 0.234. The number of methoxy groups -OCH3 is 1. The van der Waals surface area contributed by atoms with Gasteiger partial charge in [0, 0.05) is 50.7 Å². The van der Waals surface area contributed by atoms with Crippen molar-refractivity contribution in [3.05, 3.63) is 0 Å². The lowest BCUT2D eigenvalue weighted by atomic mass is 10.1. The zero-order valence-electron chi connectivity index (χ0n) is 16.1. The molecular formula is C17H37IN4OS. The van der Waals surface area contributed by atoms with Gasteiger partial charge in [-0.15, -0.1) is 24.0 Å². The van der Waals surface area contributed by atoms with Crippen molar-refractivity contribution in [3.63, 3.8) is 0 Å². The molecule has 0 unspecified atom stereocenters. The summed E-state index contributed by atoms with van der Waals surface area (Å²) in [6.45, 7) is 12.7. The number of hydrogen-bond acceptors (Lipinski definition) is 4. The number of rotatable bonds is 9. The molecular weight excluding hydrogens is 435 g/mol. The van der Waals surface area contributed by atoms with E-state index in [9.17, 15) is 0 Å². The number of piperidine rings is 1. The summed E-state index contributed by atoms with van der Waals surface area (Å²) >= 11 is 1.86. The van der Waals surface area contributed by atoms with Gasteiger partial charge in [0.25, 0.3) is 0 Å². The molecule has 0 saturated carbocycles. The maximum Gasteiger partial charge on any atom is 0.191 e. The average molecular weight is 472 g/mol. The number of aliphatic imine (C=N–C) groups is 1. The molecule has 0 aromatic carbocycles. The van der Waals surface area contributed by atoms with Gasteiger partial charge in [0.05, 0.1) is 6.54 Å². The molecule has 0 radical (unpaired) electrons. The van der Waals surface area contributed by atoms with Crippen molar-refractivity contribution in [2.24, 2.45) is 4.99 Å². The van der Waals surface area contributed by atoms with E-state index in [1.54, 1.807) is 7.11 Å². The summed E-state index contributed by atoms with van der Waals surface area (Å²) in [6.07, 6.45) is 5.64. The lowest BCUT2D eigenvalue weighted by Crippen LogP contribution is -2.49. The smallest absolute Gasteiger partial charge is 0.191 e. The zero-order valence-corrected chi connectivity index (χ0v) is 19.2. The Balaban J connectivity index is 0.00000529. The summed E-state index contributed by atoms with van der Waals surface area (Å²) in [5.74, 6) is 0.965. The maximum absolute atomic E-state index is 5.13. The first-order valence-electron chi connectivity index (χ1n) is 8.82. The minimum atomic E-state index is 0. The van der Waals surface area contributed by atoms with E-state index < -0.39 is 0 Å². The highest BCUT2D eigenvalue weighted by Gasteiger charge is 2.20. The SMILES string of the molecule is CCNC(=NCC(C)(C)SC)NC1CCN(CCCOC)CC1.I. The fourth-order valence-corrected chi connectivity index (χ4v) is 2.77. The second kappa shape index (κ2) is 13.5. The molecule has 1 aliphatic heterocycles. The molecule has 7 heteroatoms. The van der Waals surface area contributed by atoms with Gasteiger partial charge in [0.2, 0.25) is 0 Å². The van der Waals surface area contributed by atoms with E-state index in [0.29, 0.717) is 6.04 Å². The van der Waals surface area contributed by atoms with E-state index in [1.807, 2.05) is 11.8 Å². The average Bonchev–Trinajstić information content (AvgIpc) is 2.55. The Kier molecular flexibility index (Phi) is 13.6. The molecule has 0 amide bonds. The van der Waals surface area contributed by atoms with Crippen LogP contribution in [0.15, 0.2) is 4.99 Å². The zero-order chi connectivity index (χ0) is 17.1. The Morgan fingerprint density at radius 1 is 1.33 bits per heavy atom. The topological polar surface area (TPSA) is 48.9 Å². The Bertz CT molecular complexity index is 347. The molecule has 0 aromatic heterocycles. The van der Waals surface area contributed by atoms with E-state index in [0.717, 1.165) is 51.7 Å². The number of halogens is 1. The summed E-state index contributed by atoms with van der Waals surface area (Å²) in [5, 5.41) is 7.00. The van der Waals surface area contributed by atoms with Crippen molar-refractivity contribution in [2.75, 3.05) is 52.7 Å². The molecule has 0 spiro atoms. The van der Waals surface area contributed by atoms with Crippen molar-refractivity contribution in [3.8, 4) is 0 Å². The molecule has 1 aliphatic rings. The van der Waals surface area contributed by atoms with Gasteiger partial charge in [0.1, 0.15) is 0 Å². The normalized spacial score (nSPS) is 17.5. The van der Waals surface area contributed by atoms with Crippen LogP contribution in [0.1, 0.15) is 40.0 Å². The molecule has 2 N–H and O–H groups in total. The molecule has 1 fully saturated rings. The molecule has 144 valence electrons. The lowest BCUT2D eigenvalue weighted by molar-refractivity contribution is 0.155. The first-order chi connectivity index (χ1) is 11.0. The van der Waals surface area contributed by atoms with Crippen molar-refractivity contribution >= 4 is 41.7 Å². The number of guanidine groups is 1. The van der Waals surface area contributed by atoms with Crippen LogP contribution in [-0.4, -0.2) is 74.3 Å². The number of nitrogens with zero attached hydrogens (tertiary/aromatic N) is 2. The van der Waals surface area contributed by atoms with Crippen LogP contribution in [0.4, 0.5) is 0 Å². The van der Waals surface area contributed by atoms with Crippen LogP contribution < -0.4 is 10.6 Å². The van der Waals surface area contributed by atoms with Gasteiger partial charge in [-0.1, -0.05) is 0 Å².